The largest absolute Gasteiger partial charge is 0.462 e. The fraction of sp³-hybridized carbons (Fsp3) is 0.722. The molecule has 0 bridgehead atoms. The maximum absolute atomic E-state index is 12.7. The van der Waals surface area contributed by atoms with Gasteiger partial charge in [-0.3, -0.25) is 14.4 Å². The highest BCUT2D eigenvalue weighted by Gasteiger charge is 2.19. The monoisotopic (exact) mass is 837 g/mol. The molecule has 0 amide bonds. The standard InChI is InChI=1S/C54H92O6/c1-4-7-10-13-16-19-22-24-25-26-27-28-30-32-35-38-41-44-47-53(56)59-50-51(49-58-52(55)46-43-40-37-34-31-21-18-15-12-9-6-3)60-54(57)48-45-42-39-36-33-29-23-20-17-14-11-8-5-2/h15,18,21,25-29,31,33,39,42,51H,4-14,16-17,19-20,22-24,30,32,34-38,40-41,43-50H2,1-3H3/b18-15-,26-25-,28-27-,31-21-,33-29-,42-39-. The third kappa shape index (κ3) is 45.9. The first-order valence-electron chi connectivity index (χ1n) is 25.0. The lowest BCUT2D eigenvalue weighted by Crippen LogP contribution is -2.30. The molecule has 0 N–H and O–H groups in total. The summed E-state index contributed by atoms with van der Waals surface area (Å²) >= 11 is 0. The Labute approximate surface area is 370 Å². The lowest BCUT2D eigenvalue weighted by molar-refractivity contribution is -0.166. The van der Waals surface area contributed by atoms with Gasteiger partial charge in [0.1, 0.15) is 13.2 Å². The van der Waals surface area contributed by atoms with Gasteiger partial charge >= 0.3 is 17.9 Å². The van der Waals surface area contributed by atoms with Crippen molar-refractivity contribution in [3.63, 3.8) is 0 Å². The summed E-state index contributed by atoms with van der Waals surface area (Å²) in [6.45, 7) is 6.47. The minimum Gasteiger partial charge on any atom is -0.462 e. The molecule has 0 heterocycles. The van der Waals surface area contributed by atoms with Crippen LogP contribution >= 0.6 is 0 Å². The summed E-state index contributed by atoms with van der Waals surface area (Å²) in [4.78, 5) is 37.8. The van der Waals surface area contributed by atoms with Crippen molar-refractivity contribution >= 4 is 17.9 Å². The molecule has 0 aliphatic heterocycles. The molecule has 0 spiro atoms. The van der Waals surface area contributed by atoms with Crippen molar-refractivity contribution in [1.82, 2.24) is 0 Å². The van der Waals surface area contributed by atoms with E-state index in [1.54, 1.807) is 0 Å². The van der Waals surface area contributed by atoms with Crippen molar-refractivity contribution < 1.29 is 28.6 Å². The Balaban J connectivity index is 4.47. The van der Waals surface area contributed by atoms with Crippen LogP contribution in [0.1, 0.15) is 233 Å². The van der Waals surface area contributed by atoms with Crippen LogP contribution in [0.2, 0.25) is 0 Å². The fourth-order valence-corrected chi connectivity index (χ4v) is 6.64. The van der Waals surface area contributed by atoms with Gasteiger partial charge in [-0.25, -0.2) is 0 Å². The summed E-state index contributed by atoms with van der Waals surface area (Å²) in [5.41, 5.74) is 0. The molecular weight excluding hydrogens is 745 g/mol. The minimum absolute atomic E-state index is 0.115. The van der Waals surface area contributed by atoms with E-state index in [1.807, 2.05) is 6.08 Å². The second-order valence-electron chi connectivity index (χ2n) is 16.4. The van der Waals surface area contributed by atoms with Gasteiger partial charge in [-0.2, -0.15) is 0 Å². The predicted octanol–water partition coefficient (Wildman–Crippen LogP) is 16.3. The zero-order chi connectivity index (χ0) is 43.7. The Morgan fingerprint density at radius 2 is 0.700 bits per heavy atom. The topological polar surface area (TPSA) is 78.9 Å². The van der Waals surface area contributed by atoms with Gasteiger partial charge in [0.05, 0.1) is 0 Å². The number of rotatable bonds is 44. The zero-order valence-corrected chi connectivity index (χ0v) is 39.2. The van der Waals surface area contributed by atoms with E-state index in [9.17, 15) is 14.4 Å². The van der Waals surface area contributed by atoms with Crippen molar-refractivity contribution in [2.45, 2.75) is 239 Å². The number of hydrogen-bond donors (Lipinski definition) is 0. The van der Waals surface area contributed by atoms with E-state index in [1.165, 1.54) is 103 Å². The molecule has 0 radical (unpaired) electrons. The summed E-state index contributed by atoms with van der Waals surface area (Å²) < 4.78 is 16.6. The Morgan fingerprint density at radius 3 is 1.15 bits per heavy atom. The second kappa shape index (κ2) is 48.5. The van der Waals surface area contributed by atoms with Crippen molar-refractivity contribution in [1.29, 1.82) is 0 Å². The summed E-state index contributed by atoms with van der Waals surface area (Å²) in [5.74, 6) is -1.03. The van der Waals surface area contributed by atoms with E-state index >= 15 is 0 Å². The Morgan fingerprint density at radius 1 is 0.350 bits per heavy atom. The number of ether oxygens (including phenoxy) is 3. The molecule has 0 aliphatic rings. The van der Waals surface area contributed by atoms with Crippen LogP contribution in [0, 0.1) is 0 Å². The van der Waals surface area contributed by atoms with Crippen LogP contribution in [0.4, 0.5) is 0 Å². The summed E-state index contributed by atoms with van der Waals surface area (Å²) in [6.07, 6.45) is 60.4. The Bertz CT molecular complexity index is 1140. The van der Waals surface area contributed by atoms with Gasteiger partial charge in [0.2, 0.25) is 0 Å². The van der Waals surface area contributed by atoms with Crippen LogP contribution in [0.15, 0.2) is 72.9 Å². The van der Waals surface area contributed by atoms with Crippen LogP contribution in [0.25, 0.3) is 0 Å². The van der Waals surface area contributed by atoms with E-state index in [2.05, 4.69) is 87.6 Å². The minimum atomic E-state index is -0.821. The molecule has 1 atom stereocenters. The molecule has 6 nitrogen and oxygen atoms in total. The molecule has 0 aromatic heterocycles. The van der Waals surface area contributed by atoms with Gasteiger partial charge in [0, 0.05) is 19.3 Å². The van der Waals surface area contributed by atoms with E-state index < -0.39 is 12.1 Å². The fourth-order valence-electron chi connectivity index (χ4n) is 6.64. The molecule has 0 aromatic rings. The van der Waals surface area contributed by atoms with Gasteiger partial charge in [0.25, 0.3) is 0 Å². The second-order valence-corrected chi connectivity index (χ2v) is 16.4. The van der Waals surface area contributed by atoms with Gasteiger partial charge < -0.3 is 14.2 Å². The lowest BCUT2D eigenvalue weighted by atomic mass is 10.1. The molecule has 0 saturated heterocycles. The van der Waals surface area contributed by atoms with E-state index in [4.69, 9.17) is 14.2 Å². The van der Waals surface area contributed by atoms with Crippen LogP contribution in [-0.2, 0) is 28.6 Å². The first kappa shape index (κ1) is 56.9. The highest BCUT2D eigenvalue weighted by Crippen LogP contribution is 2.12. The molecule has 0 rings (SSSR count). The van der Waals surface area contributed by atoms with Gasteiger partial charge in [-0.1, -0.05) is 203 Å². The zero-order valence-electron chi connectivity index (χ0n) is 39.2. The first-order valence-corrected chi connectivity index (χ1v) is 25.0. The maximum Gasteiger partial charge on any atom is 0.306 e. The number of allylic oxidation sites excluding steroid dienone is 12. The number of hydrogen-bond acceptors (Lipinski definition) is 6. The predicted molar refractivity (Wildman–Crippen MR) is 256 cm³/mol. The Kier molecular flexibility index (Phi) is 46.0. The smallest absolute Gasteiger partial charge is 0.306 e. The van der Waals surface area contributed by atoms with E-state index in [-0.39, 0.29) is 31.6 Å². The van der Waals surface area contributed by atoms with Crippen LogP contribution in [0.5, 0.6) is 0 Å². The lowest BCUT2D eigenvalue weighted by Gasteiger charge is -2.18. The van der Waals surface area contributed by atoms with Gasteiger partial charge in [-0.05, 0) is 83.5 Å². The Hall–Kier alpha value is -3.15. The number of carbonyl (C=O) groups excluding carboxylic acids is 3. The highest BCUT2D eigenvalue weighted by atomic mass is 16.6. The molecule has 0 aromatic carbocycles. The molecular formula is C54H92O6. The SMILES string of the molecule is CCCC/C=C\C=C/CCCCCC(=O)OCC(COC(=O)CCCCCCC/C=C\C=C/CCCCCCCCC)OC(=O)CC/C=C\C/C=C\CCCCCCCC. The third-order valence-corrected chi connectivity index (χ3v) is 10.5. The quantitative estimate of drug-likeness (QED) is 0.0200. The average Bonchev–Trinajstić information content (AvgIpc) is 3.24. The highest BCUT2D eigenvalue weighted by molar-refractivity contribution is 5.71. The molecule has 344 valence electrons. The number of carbonyl (C=O) groups is 3. The molecule has 6 heteroatoms. The van der Waals surface area contributed by atoms with E-state index in [0.29, 0.717) is 19.3 Å². The summed E-state index contributed by atoms with van der Waals surface area (Å²) in [6, 6.07) is 0. The van der Waals surface area contributed by atoms with Crippen molar-refractivity contribution in [2.24, 2.45) is 0 Å². The van der Waals surface area contributed by atoms with Crippen LogP contribution < -0.4 is 0 Å². The van der Waals surface area contributed by atoms with E-state index in [0.717, 1.165) is 83.5 Å². The molecule has 60 heavy (non-hydrogen) atoms. The van der Waals surface area contributed by atoms with Crippen molar-refractivity contribution in [2.75, 3.05) is 13.2 Å². The normalized spacial score (nSPS) is 12.7. The third-order valence-electron chi connectivity index (χ3n) is 10.5. The average molecular weight is 837 g/mol. The van der Waals surface area contributed by atoms with Gasteiger partial charge in [-0.15, -0.1) is 0 Å². The number of esters is 3. The van der Waals surface area contributed by atoms with Crippen molar-refractivity contribution in [3.05, 3.63) is 72.9 Å². The van der Waals surface area contributed by atoms with Crippen molar-refractivity contribution in [3.8, 4) is 0 Å². The molecule has 0 fully saturated rings. The van der Waals surface area contributed by atoms with Gasteiger partial charge in [0.15, 0.2) is 6.10 Å². The number of unbranched alkanes of at least 4 members (excludes halogenated alkanes) is 23. The molecule has 0 saturated carbocycles. The maximum atomic E-state index is 12.7. The molecule has 1 unspecified atom stereocenters. The van der Waals surface area contributed by atoms with Crippen LogP contribution in [0.3, 0.4) is 0 Å². The summed E-state index contributed by atoms with van der Waals surface area (Å²) in [5, 5.41) is 0. The molecule has 0 aliphatic carbocycles. The summed E-state index contributed by atoms with van der Waals surface area (Å²) in [7, 11) is 0. The first-order chi connectivity index (χ1) is 29.5. The van der Waals surface area contributed by atoms with Crippen LogP contribution in [-0.4, -0.2) is 37.2 Å².